The van der Waals surface area contributed by atoms with E-state index in [0.717, 1.165) is 0 Å². The zero-order valence-electron chi connectivity index (χ0n) is 11.2. The van der Waals surface area contributed by atoms with Crippen molar-refractivity contribution in [2.45, 2.75) is 26.3 Å². The topological polar surface area (TPSA) is 98.5 Å². The summed E-state index contributed by atoms with van der Waals surface area (Å²) in [5.74, 6) is -3.13. The van der Waals surface area contributed by atoms with Gasteiger partial charge in [-0.25, -0.2) is 4.79 Å². The van der Waals surface area contributed by atoms with Crippen molar-refractivity contribution in [1.29, 1.82) is 0 Å². The van der Waals surface area contributed by atoms with Gasteiger partial charge in [0.2, 0.25) is 0 Å². The second-order valence-corrected chi connectivity index (χ2v) is 4.49. The van der Waals surface area contributed by atoms with Crippen molar-refractivity contribution in [3.05, 3.63) is 17.5 Å². The minimum atomic E-state index is -0.978. The number of aliphatic hydroxyl groups excluding tert-OH is 1. The van der Waals surface area contributed by atoms with E-state index in [1.165, 1.54) is 6.20 Å². The summed E-state index contributed by atoms with van der Waals surface area (Å²) < 4.78 is 6.20. The smallest absolute Gasteiger partial charge is 0.375 e. The molecule has 0 spiro atoms. The fraction of sp³-hybridized carbons (Fsp3) is 0.538. The van der Waals surface area contributed by atoms with Crippen LogP contribution in [0.3, 0.4) is 0 Å². The van der Waals surface area contributed by atoms with Crippen molar-refractivity contribution in [3.63, 3.8) is 0 Å². The Bertz CT molecular complexity index is 549. The number of esters is 1. The van der Waals surface area contributed by atoms with Crippen LogP contribution in [-0.2, 0) is 27.3 Å². The molecule has 1 N–H and O–H groups in total. The van der Waals surface area contributed by atoms with Gasteiger partial charge in [-0.3, -0.25) is 14.3 Å². The highest BCUT2D eigenvalue weighted by Crippen LogP contribution is 2.26. The predicted molar refractivity (Wildman–Crippen MR) is 67.1 cm³/mol. The van der Waals surface area contributed by atoms with Crippen LogP contribution in [-0.4, -0.2) is 45.6 Å². The lowest BCUT2D eigenvalue weighted by Crippen LogP contribution is -2.35. The molecular weight excluding hydrogens is 264 g/mol. The molecule has 0 saturated carbocycles. The van der Waals surface area contributed by atoms with Crippen LogP contribution in [0.4, 0.5) is 0 Å². The molecule has 7 heteroatoms. The van der Waals surface area contributed by atoms with Gasteiger partial charge in [-0.05, 0) is 19.8 Å². The van der Waals surface area contributed by atoms with Gasteiger partial charge >= 0.3 is 5.97 Å². The Labute approximate surface area is 115 Å². The lowest BCUT2D eigenvalue weighted by Gasteiger charge is -2.19. The molecule has 0 radical (unpaired) electrons. The molecule has 2 rings (SSSR count). The van der Waals surface area contributed by atoms with Gasteiger partial charge in [-0.1, -0.05) is 0 Å². The average molecular weight is 280 g/mol. The highest BCUT2D eigenvalue weighted by atomic mass is 16.5. The molecule has 1 aromatic heterocycles. The van der Waals surface area contributed by atoms with Crippen molar-refractivity contribution in [1.82, 2.24) is 9.78 Å². The summed E-state index contributed by atoms with van der Waals surface area (Å²) in [5, 5.41) is 12.9. The normalized spacial score (nSPS) is 17.7. The number of ketones is 2. The van der Waals surface area contributed by atoms with Crippen LogP contribution >= 0.6 is 0 Å². The number of carbonyl (C=O) groups is 3. The molecule has 20 heavy (non-hydrogen) atoms. The van der Waals surface area contributed by atoms with Gasteiger partial charge < -0.3 is 9.84 Å². The number of aromatic nitrogens is 2. The molecule has 0 aliphatic heterocycles. The van der Waals surface area contributed by atoms with Crippen LogP contribution in [0, 0.1) is 5.92 Å². The lowest BCUT2D eigenvalue weighted by molar-refractivity contribution is -0.154. The van der Waals surface area contributed by atoms with Crippen molar-refractivity contribution in [3.8, 4) is 0 Å². The number of aliphatic hydroxyl groups is 1. The minimum Gasteiger partial charge on any atom is -0.460 e. The number of fused-ring (bicyclic) bond motifs is 1. The van der Waals surface area contributed by atoms with Crippen LogP contribution in [0.15, 0.2) is 6.20 Å². The van der Waals surface area contributed by atoms with Crippen molar-refractivity contribution < 1.29 is 24.2 Å². The van der Waals surface area contributed by atoms with Crippen LogP contribution < -0.4 is 0 Å². The van der Waals surface area contributed by atoms with E-state index in [9.17, 15) is 14.4 Å². The zero-order chi connectivity index (χ0) is 14.7. The third-order valence-electron chi connectivity index (χ3n) is 3.31. The molecular formula is C13H16N2O5. The molecule has 0 saturated heterocycles. The summed E-state index contributed by atoms with van der Waals surface area (Å²) in [6, 6.07) is 0. The van der Waals surface area contributed by atoms with Gasteiger partial charge in [-0.15, -0.1) is 0 Å². The molecule has 1 aliphatic rings. The number of nitrogens with zero attached hydrogens (tertiary/aromatic N) is 2. The average Bonchev–Trinajstić information content (AvgIpc) is 2.83. The Morgan fingerprint density at radius 1 is 1.55 bits per heavy atom. The van der Waals surface area contributed by atoms with Crippen LogP contribution in [0.2, 0.25) is 0 Å². The Morgan fingerprint density at radius 2 is 2.30 bits per heavy atom. The fourth-order valence-electron chi connectivity index (χ4n) is 2.36. The Morgan fingerprint density at radius 3 is 2.95 bits per heavy atom. The van der Waals surface area contributed by atoms with Crippen molar-refractivity contribution in [2.24, 2.45) is 5.92 Å². The molecule has 0 amide bonds. The molecule has 1 unspecified atom stereocenters. The number of hydrogen-bond acceptors (Lipinski definition) is 6. The number of carbonyl (C=O) groups excluding carboxylic acids is 3. The van der Waals surface area contributed by atoms with Crippen LogP contribution in [0.1, 0.15) is 29.4 Å². The first kappa shape index (κ1) is 14.4. The third kappa shape index (κ3) is 2.49. The summed E-state index contributed by atoms with van der Waals surface area (Å²) in [5.41, 5.74) is 1.06. The highest BCUT2D eigenvalue weighted by molar-refractivity contribution is 6.39. The summed E-state index contributed by atoms with van der Waals surface area (Å²) >= 11 is 0. The Hall–Kier alpha value is -2.02. The van der Waals surface area contributed by atoms with Crippen molar-refractivity contribution in [2.75, 3.05) is 13.2 Å². The lowest BCUT2D eigenvalue weighted by atomic mass is 9.83. The largest absolute Gasteiger partial charge is 0.460 e. The molecule has 1 aromatic rings. The zero-order valence-corrected chi connectivity index (χ0v) is 11.2. The van der Waals surface area contributed by atoms with Crippen LogP contribution in [0.5, 0.6) is 0 Å². The molecule has 0 fully saturated rings. The molecule has 0 bridgehead atoms. The summed E-state index contributed by atoms with van der Waals surface area (Å²) in [4.78, 5) is 35.5. The highest BCUT2D eigenvalue weighted by Gasteiger charge is 2.38. The maximum absolute atomic E-state index is 12.2. The summed E-state index contributed by atoms with van der Waals surface area (Å²) in [7, 11) is 0. The van der Waals surface area contributed by atoms with Gasteiger partial charge in [0.05, 0.1) is 37.4 Å². The second-order valence-electron chi connectivity index (χ2n) is 4.49. The number of Topliss-reactive ketones (excluding diaryl/α,β-unsaturated/α-hetero) is 2. The summed E-state index contributed by atoms with van der Waals surface area (Å²) in [6.45, 7) is 1.93. The number of ether oxygens (including phenoxy) is 1. The van der Waals surface area contributed by atoms with E-state index < -0.39 is 23.5 Å². The van der Waals surface area contributed by atoms with Crippen molar-refractivity contribution >= 4 is 17.5 Å². The third-order valence-corrected chi connectivity index (χ3v) is 3.31. The van der Waals surface area contributed by atoms with E-state index in [2.05, 4.69) is 9.84 Å². The molecule has 108 valence electrons. The quantitative estimate of drug-likeness (QED) is 0.454. The predicted octanol–water partition coefficient (Wildman–Crippen LogP) is -0.247. The first-order valence-electron chi connectivity index (χ1n) is 6.50. The number of rotatable bonds is 5. The maximum Gasteiger partial charge on any atom is 0.375 e. The fourth-order valence-corrected chi connectivity index (χ4v) is 2.36. The van der Waals surface area contributed by atoms with Gasteiger partial charge in [0.15, 0.2) is 5.78 Å². The van der Waals surface area contributed by atoms with Crippen LogP contribution in [0.25, 0.3) is 0 Å². The summed E-state index contributed by atoms with van der Waals surface area (Å²) in [6.07, 6.45) is 2.12. The van der Waals surface area contributed by atoms with E-state index in [4.69, 9.17) is 5.11 Å². The molecule has 1 heterocycles. The molecule has 1 aliphatic carbocycles. The van der Waals surface area contributed by atoms with E-state index >= 15 is 0 Å². The van der Waals surface area contributed by atoms with Gasteiger partial charge in [0.25, 0.3) is 5.78 Å². The standard InChI is InChI=1S/C13H16N2O5/c1-2-20-13(19)12(18)8-3-4-10-9(11(8)17)7-14-15(10)5-6-16/h7-8,16H,2-6H2,1H3. The molecule has 0 aromatic carbocycles. The second kappa shape index (κ2) is 5.96. The first-order valence-corrected chi connectivity index (χ1v) is 6.50. The van der Waals surface area contributed by atoms with E-state index in [-0.39, 0.29) is 19.6 Å². The van der Waals surface area contributed by atoms with Gasteiger partial charge in [0.1, 0.15) is 0 Å². The van der Waals surface area contributed by atoms with E-state index in [1.807, 2.05) is 0 Å². The Balaban J connectivity index is 2.20. The number of hydrogen-bond donors (Lipinski definition) is 1. The van der Waals surface area contributed by atoms with Gasteiger partial charge in [0, 0.05) is 5.69 Å². The van der Waals surface area contributed by atoms with E-state index in [1.54, 1.807) is 11.6 Å². The monoisotopic (exact) mass is 280 g/mol. The maximum atomic E-state index is 12.2. The first-order chi connectivity index (χ1) is 9.60. The molecule has 7 nitrogen and oxygen atoms in total. The Kier molecular flexibility index (Phi) is 4.29. The SMILES string of the molecule is CCOC(=O)C(=O)C1CCc2c(cnn2CCO)C1=O. The van der Waals surface area contributed by atoms with E-state index in [0.29, 0.717) is 24.2 Å². The molecule has 1 atom stereocenters. The van der Waals surface area contributed by atoms with Gasteiger partial charge in [-0.2, -0.15) is 5.10 Å². The minimum absolute atomic E-state index is 0.0759.